The van der Waals surface area contributed by atoms with Gasteiger partial charge in [0.05, 0.1) is 0 Å². The van der Waals surface area contributed by atoms with Crippen LogP contribution in [0.3, 0.4) is 0 Å². The van der Waals surface area contributed by atoms with Crippen molar-refractivity contribution in [3.63, 3.8) is 0 Å². The van der Waals surface area contributed by atoms with Gasteiger partial charge in [-0.3, -0.25) is 14.5 Å². The number of piperazine rings is 1. The maximum Gasteiger partial charge on any atom is 0.311 e. The first-order chi connectivity index (χ1) is 11.1. The van der Waals surface area contributed by atoms with Crippen molar-refractivity contribution < 1.29 is 9.59 Å². The van der Waals surface area contributed by atoms with Crippen molar-refractivity contribution in [1.29, 1.82) is 0 Å². The molecule has 1 N–H and O–H groups in total. The summed E-state index contributed by atoms with van der Waals surface area (Å²) in [5, 5.41) is 2.68. The first-order valence-corrected chi connectivity index (χ1v) is 8.04. The van der Waals surface area contributed by atoms with Gasteiger partial charge in [-0.1, -0.05) is 30.3 Å². The van der Waals surface area contributed by atoms with Crippen LogP contribution in [0.4, 0.5) is 0 Å². The first-order valence-electron chi connectivity index (χ1n) is 8.04. The van der Waals surface area contributed by atoms with Crippen LogP contribution in [0.2, 0.25) is 0 Å². The van der Waals surface area contributed by atoms with Crippen molar-refractivity contribution in [2.24, 2.45) is 0 Å². The summed E-state index contributed by atoms with van der Waals surface area (Å²) in [4.78, 5) is 29.9. The van der Waals surface area contributed by atoms with E-state index in [2.05, 4.69) is 22.3 Å². The third kappa shape index (κ3) is 5.65. The fourth-order valence-corrected chi connectivity index (χ4v) is 2.56. The van der Waals surface area contributed by atoms with Gasteiger partial charge in [0.1, 0.15) is 0 Å². The van der Waals surface area contributed by atoms with Crippen molar-refractivity contribution in [3.8, 4) is 0 Å². The summed E-state index contributed by atoms with van der Waals surface area (Å²) >= 11 is 0. The van der Waals surface area contributed by atoms with Crippen molar-refractivity contribution in [2.45, 2.75) is 6.54 Å². The second-order valence-corrected chi connectivity index (χ2v) is 6.11. The van der Waals surface area contributed by atoms with Crippen molar-refractivity contribution >= 4 is 11.8 Å². The lowest BCUT2D eigenvalue weighted by Crippen LogP contribution is -2.52. The number of nitrogens with one attached hydrogen (secondary N) is 1. The van der Waals surface area contributed by atoms with E-state index < -0.39 is 11.8 Å². The number of hydrogen-bond donors (Lipinski definition) is 1. The van der Waals surface area contributed by atoms with Crippen LogP contribution in [0.1, 0.15) is 5.56 Å². The van der Waals surface area contributed by atoms with Gasteiger partial charge in [-0.25, -0.2) is 0 Å². The summed E-state index contributed by atoms with van der Waals surface area (Å²) in [5.74, 6) is -0.911. The van der Waals surface area contributed by atoms with Gasteiger partial charge in [-0.2, -0.15) is 0 Å². The third-order valence-corrected chi connectivity index (χ3v) is 3.95. The van der Waals surface area contributed by atoms with Crippen LogP contribution in [0.5, 0.6) is 0 Å². The summed E-state index contributed by atoms with van der Waals surface area (Å²) < 4.78 is 0. The molecule has 0 bridgehead atoms. The Kier molecular flexibility index (Phi) is 6.55. The summed E-state index contributed by atoms with van der Waals surface area (Å²) in [6, 6.07) is 10.3. The molecule has 1 aliphatic heterocycles. The van der Waals surface area contributed by atoms with E-state index in [0.717, 1.165) is 26.2 Å². The monoisotopic (exact) mass is 318 g/mol. The molecule has 0 spiro atoms. The van der Waals surface area contributed by atoms with Gasteiger partial charge < -0.3 is 15.1 Å². The summed E-state index contributed by atoms with van der Waals surface area (Å²) in [6.45, 7) is 4.91. The van der Waals surface area contributed by atoms with Crippen LogP contribution in [0.25, 0.3) is 0 Å². The molecule has 1 aromatic rings. The summed E-state index contributed by atoms with van der Waals surface area (Å²) in [5.41, 5.74) is 1.27. The standard InChI is InChI=1S/C17H26N4O2/c1-19(2)9-8-18-16(22)17(23)21-12-10-20(11-13-21)14-15-6-4-3-5-7-15/h3-7H,8-14H2,1-2H3,(H,18,22). The zero-order chi connectivity index (χ0) is 16.7. The van der Waals surface area contributed by atoms with Crippen molar-refractivity contribution in [2.75, 3.05) is 53.4 Å². The Labute approximate surface area is 138 Å². The van der Waals surface area contributed by atoms with Crippen molar-refractivity contribution in [1.82, 2.24) is 20.0 Å². The molecule has 6 nitrogen and oxygen atoms in total. The topological polar surface area (TPSA) is 55.9 Å². The number of rotatable bonds is 5. The normalized spacial score (nSPS) is 15.7. The Morgan fingerprint density at radius 2 is 1.74 bits per heavy atom. The molecule has 2 amide bonds. The number of carbonyl (C=O) groups excluding carboxylic acids is 2. The number of carbonyl (C=O) groups is 2. The SMILES string of the molecule is CN(C)CCNC(=O)C(=O)N1CCN(Cc2ccccc2)CC1. The van der Waals surface area contributed by atoms with Gasteiger partial charge in [-0.05, 0) is 19.7 Å². The predicted molar refractivity (Wildman–Crippen MR) is 89.9 cm³/mol. The zero-order valence-electron chi connectivity index (χ0n) is 14.0. The summed E-state index contributed by atoms with van der Waals surface area (Å²) in [6.07, 6.45) is 0. The maximum atomic E-state index is 12.1. The van der Waals surface area contributed by atoms with Crippen LogP contribution in [-0.2, 0) is 16.1 Å². The molecule has 0 radical (unpaired) electrons. The molecule has 1 fully saturated rings. The van der Waals surface area contributed by atoms with Gasteiger partial charge in [0.25, 0.3) is 0 Å². The van der Waals surface area contributed by atoms with E-state index in [1.807, 2.05) is 37.2 Å². The first kappa shape index (κ1) is 17.4. The Balaban J connectivity index is 1.73. The summed E-state index contributed by atoms with van der Waals surface area (Å²) in [7, 11) is 3.86. The minimum atomic E-state index is -0.497. The van der Waals surface area contributed by atoms with E-state index in [1.165, 1.54) is 5.56 Å². The van der Waals surface area contributed by atoms with Crippen molar-refractivity contribution in [3.05, 3.63) is 35.9 Å². The molecule has 0 aromatic heterocycles. The fourth-order valence-electron chi connectivity index (χ4n) is 2.56. The third-order valence-electron chi connectivity index (χ3n) is 3.95. The lowest BCUT2D eigenvalue weighted by molar-refractivity contribution is -0.147. The number of nitrogens with zero attached hydrogens (tertiary/aromatic N) is 3. The highest BCUT2D eigenvalue weighted by Gasteiger charge is 2.25. The van der Waals surface area contributed by atoms with Gasteiger partial charge >= 0.3 is 11.8 Å². The Bertz CT molecular complexity index is 511. The molecule has 0 unspecified atom stereocenters. The predicted octanol–water partition coefficient (Wildman–Crippen LogP) is 0.00860. The molecule has 1 heterocycles. The molecule has 0 aliphatic carbocycles. The highest BCUT2D eigenvalue weighted by atomic mass is 16.2. The molecular formula is C17H26N4O2. The van der Waals surface area contributed by atoms with Gasteiger partial charge in [-0.15, -0.1) is 0 Å². The quantitative estimate of drug-likeness (QED) is 0.777. The minimum absolute atomic E-state index is 0.414. The largest absolute Gasteiger partial charge is 0.347 e. The second kappa shape index (κ2) is 8.64. The Morgan fingerprint density at radius 1 is 1.09 bits per heavy atom. The average Bonchev–Trinajstić information content (AvgIpc) is 2.55. The maximum absolute atomic E-state index is 12.1. The highest BCUT2D eigenvalue weighted by Crippen LogP contribution is 2.08. The Morgan fingerprint density at radius 3 is 2.35 bits per heavy atom. The van der Waals surface area contributed by atoms with E-state index >= 15 is 0 Å². The highest BCUT2D eigenvalue weighted by molar-refractivity contribution is 6.35. The van der Waals surface area contributed by atoms with Gasteiger partial charge in [0, 0.05) is 45.8 Å². The van der Waals surface area contributed by atoms with Gasteiger partial charge in [0.2, 0.25) is 0 Å². The lowest BCUT2D eigenvalue weighted by atomic mass is 10.2. The number of likely N-dealkylation sites (N-methyl/N-ethyl adjacent to an activating group) is 1. The molecule has 1 aromatic carbocycles. The number of hydrogen-bond acceptors (Lipinski definition) is 4. The van der Waals surface area contributed by atoms with E-state index in [9.17, 15) is 9.59 Å². The molecule has 23 heavy (non-hydrogen) atoms. The molecule has 0 atom stereocenters. The lowest BCUT2D eigenvalue weighted by Gasteiger charge is -2.34. The number of benzene rings is 1. The molecule has 1 aliphatic rings. The zero-order valence-corrected chi connectivity index (χ0v) is 14.0. The van der Waals surface area contributed by atoms with Crippen LogP contribution in [-0.4, -0.2) is 79.9 Å². The molecule has 126 valence electrons. The van der Waals surface area contributed by atoms with Crippen LogP contribution in [0, 0.1) is 0 Å². The van der Waals surface area contributed by atoms with E-state index in [4.69, 9.17) is 0 Å². The van der Waals surface area contributed by atoms with Crippen LogP contribution >= 0.6 is 0 Å². The van der Waals surface area contributed by atoms with Crippen LogP contribution < -0.4 is 5.32 Å². The second-order valence-electron chi connectivity index (χ2n) is 6.11. The fraction of sp³-hybridized carbons (Fsp3) is 0.529. The molecule has 6 heteroatoms. The number of amides is 2. The molecule has 1 saturated heterocycles. The minimum Gasteiger partial charge on any atom is -0.347 e. The van der Waals surface area contributed by atoms with E-state index in [1.54, 1.807) is 4.90 Å². The van der Waals surface area contributed by atoms with Gasteiger partial charge in [0.15, 0.2) is 0 Å². The van der Waals surface area contributed by atoms with Crippen LogP contribution in [0.15, 0.2) is 30.3 Å². The molecule has 2 rings (SSSR count). The Hall–Kier alpha value is -1.92. The molecule has 0 saturated carbocycles. The average molecular weight is 318 g/mol. The molecular weight excluding hydrogens is 292 g/mol. The van der Waals surface area contributed by atoms with E-state index in [-0.39, 0.29) is 0 Å². The van der Waals surface area contributed by atoms with E-state index in [0.29, 0.717) is 19.6 Å². The smallest absolute Gasteiger partial charge is 0.311 e.